The van der Waals surface area contributed by atoms with E-state index in [1.54, 1.807) is 0 Å². The Morgan fingerprint density at radius 3 is 1.65 bits per heavy atom. The molecule has 154 valence electrons. The standard InChI is InChI=1S/C22H44N2O2/c1-4-7-10-11-12-13-14-15-16-17-20-23-22(25)26-24-21(18-8-5-2)19-9-6-3/h4-20H2,1-3H3,(H,23,25). The van der Waals surface area contributed by atoms with Gasteiger partial charge in [-0.2, -0.15) is 0 Å². The quantitative estimate of drug-likeness (QED) is 0.119. The molecule has 0 aromatic rings. The van der Waals surface area contributed by atoms with Crippen molar-refractivity contribution in [3.05, 3.63) is 0 Å². The number of oxime groups is 1. The Morgan fingerprint density at radius 2 is 1.15 bits per heavy atom. The maximum Gasteiger partial charge on any atom is 0.433 e. The molecule has 0 aromatic heterocycles. The van der Waals surface area contributed by atoms with Crippen molar-refractivity contribution in [3.8, 4) is 0 Å². The predicted octanol–water partition coefficient (Wildman–Crippen LogP) is 7.37. The van der Waals surface area contributed by atoms with Crippen LogP contribution in [-0.4, -0.2) is 18.3 Å². The van der Waals surface area contributed by atoms with Crippen molar-refractivity contribution in [2.75, 3.05) is 6.54 Å². The van der Waals surface area contributed by atoms with E-state index in [2.05, 4.69) is 31.2 Å². The molecule has 0 aliphatic rings. The van der Waals surface area contributed by atoms with Gasteiger partial charge in [0.2, 0.25) is 0 Å². The molecule has 1 amide bonds. The van der Waals surface area contributed by atoms with E-state index < -0.39 is 6.09 Å². The number of unbranched alkanes of at least 4 members (excludes halogenated alkanes) is 11. The fourth-order valence-corrected chi connectivity index (χ4v) is 2.92. The van der Waals surface area contributed by atoms with E-state index in [1.807, 2.05) is 0 Å². The fraction of sp³-hybridized carbons (Fsp3) is 0.909. The van der Waals surface area contributed by atoms with E-state index in [-0.39, 0.29) is 0 Å². The van der Waals surface area contributed by atoms with Crippen LogP contribution in [0.5, 0.6) is 0 Å². The first-order chi connectivity index (χ1) is 12.7. The lowest BCUT2D eigenvalue weighted by molar-refractivity contribution is 0.150. The number of amides is 1. The molecule has 0 fully saturated rings. The molecule has 0 spiro atoms. The van der Waals surface area contributed by atoms with Crippen LogP contribution in [0.3, 0.4) is 0 Å². The Morgan fingerprint density at radius 1 is 0.692 bits per heavy atom. The topological polar surface area (TPSA) is 50.7 Å². The molecule has 4 heteroatoms. The van der Waals surface area contributed by atoms with Crippen LogP contribution in [0, 0.1) is 0 Å². The average Bonchev–Trinajstić information content (AvgIpc) is 2.65. The first-order valence-corrected chi connectivity index (χ1v) is 11.2. The Hall–Kier alpha value is -1.06. The summed E-state index contributed by atoms with van der Waals surface area (Å²) in [5.41, 5.74) is 1.02. The normalized spacial score (nSPS) is 10.6. The molecule has 4 nitrogen and oxygen atoms in total. The molecule has 0 atom stereocenters. The number of carbonyl (C=O) groups is 1. The molecule has 26 heavy (non-hydrogen) atoms. The Balaban J connectivity index is 3.60. The Kier molecular flexibility index (Phi) is 19.4. The fourth-order valence-electron chi connectivity index (χ4n) is 2.92. The number of hydrogen-bond acceptors (Lipinski definition) is 3. The van der Waals surface area contributed by atoms with Gasteiger partial charge >= 0.3 is 6.09 Å². The van der Waals surface area contributed by atoms with Gasteiger partial charge in [-0.15, -0.1) is 0 Å². The molecule has 0 aliphatic carbocycles. The second kappa shape index (κ2) is 20.3. The van der Waals surface area contributed by atoms with Crippen LogP contribution in [0.1, 0.15) is 124 Å². The summed E-state index contributed by atoms with van der Waals surface area (Å²) in [6.07, 6.45) is 18.9. The molecular weight excluding hydrogens is 324 g/mol. The number of rotatable bonds is 18. The lowest BCUT2D eigenvalue weighted by Gasteiger charge is -2.06. The SMILES string of the molecule is CCCCCCCCCCCCNC(=O)ON=C(CCCC)CCCC. The summed E-state index contributed by atoms with van der Waals surface area (Å²) >= 11 is 0. The summed E-state index contributed by atoms with van der Waals surface area (Å²) in [5, 5.41) is 6.88. The van der Waals surface area contributed by atoms with Crippen LogP contribution < -0.4 is 5.32 Å². The third-order valence-corrected chi connectivity index (χ3v) is 4.70. The zero-order valence-electron chi connectivity index (χ0n) is 17.8. The number of nitrogens with zero attached hydrogens (tertiary/aromatic N) is 1. The van der Waals surface area contributed by atoms with Gasteiger partial charge in [-0.3, -0.25) is 4.84 Å². The van der Waals surface area contributed by atoms with Crippen molar-refractivity contribution in [3.63, 3.8) is 0 Å². The van der Waals surface area contributed by atoms with Crippen LogP contribution in [0.4, 0.5) is 4.79 Å². The average molecular weight is 369 g/mol. The van der Waals surface area contributed by atoms with Crippen molar-refractivity contribution in [2.24, 2.45) is 5.16 Å². The maximum atomic E-state index is 11.7. The second-order valence-corrected chi connectivity index (χ2v) is 7.35. The minimum atomic E-state index is -0.411. The monoisotopic (exact) mass is 368 g/mol. The molecule has 0 radical (unpaired) electrons. The highest BCUT2D eigenvalue weighted by Crippen LogP contribution is 2.10. The van der Waals surface area contributed by atoms with Crippen LogP contribution in [0.2, 0.25) is 0 Å². The molecule has 0 bridgehead atoms. The minimum absolute atomic E-state index is 0.411. The zero-order chi connectivity index (χ0) is 19.3. The summed E-state index contributed by atoms with van der Waals surface area (Å²) < 4.78 is 0. The number of nitrogens with one attached hydrogen (secondary N) is 1. The van der Waals surface area contributed by atoms with Gasteiger partial charge in [0.05, 0.1) is 5.71 Å². The summed E-state index contributed by atoms with van der Waals surface area (Å²) in [6.45, 7) is 7.27. The molecule has 0 saturated heterocycles. The Bertz CT molecular complexity index is 333. The van der Waals surface area contributed by atoms with E-state index in [9.17, 15) is 4.79 Å². The number of hydrogen-bond donors (Lipinski definition) is 1. The van der Waals surface area contributed by atoms with E-state index in [0.717, 1.165) is 50.7 Å². The highest BCUT2D eigenvalue weighted by molar-refractivity contribution is 5.84. The highest BCUT2D eigenvalue weighted by Gasteiger charge is 2.04. The van der Waals surface area contributed by atoms with E-state index in [4.69, 9.17) is 4.84 Å². The third kappa shape index (κ3) is 17.8. The Labute approximate surface area is 162 Å². The van der Waals surface area contributed by atoms with Gasteiger partial charge in [0.15, 0.2) is 0 Å². The van der Waals surface area contributed by atoms with E-state index in [0.29, 0.717) is 6.54 Å². The van der Waals surface area contributed by atoms with Gasteiger partial charge in [0.25, 0.3) is 0 Å². The van der Waals surface area contributed by atoms with Crippen molar-refractivity contribution in [1.29, 1.82) is 0 Å². The van der Waals surface area contributed by atoms with Crippen LogP contribution in [0.25, 0.3) is 0 Å². The molecule has 0 rings (SSSR count). The third-order valence-electron chi connectivity index (χ3n) is 4.70. The second-order valence-electron chi connectivity index (χ2n) is 7.35. The molecular formula is C22H44N2O2. The minimum Gasteiger partial charge on any atom is -0.320 e. The molecule has 0 aromatic carbocycles. The first kappa shape index (κ1) is 24.9. The molecule has 0 unspecified atom stereocenters. The summed E-state index contributed by atoms with van der Waals surface area (Å²) in [5.74, 6) is 0. The predicted molar refractivity (Wildman–Crippen MR) is 113 cm³/mol. The van der Waals surface area contributed by atoms with E-state index in [1.165, 1.54) is 57.8 Å². The molecule has 0 aliphatic heterocycles. The lowest BCUT2D eigenvalue weighted by Crippen LogP contribution is -2.24. The van der Waals surface area contributed by atoms with Gasteiger partial charge in [0, 0.05) is 6.54 Å². The highest BCUT2D eigenvalue weighted by atomic mass is 16.7. The van der Waals surface area contributed by atoms with Crippen molar-refractivity contribution in [2.45, 2.75) is 124 Å². The van der Waals surface area contributed by atoms with Crippen molar-refractivity contribution in [1.82, 2.24) is 5.32 Å². The van der Waals surface area contributed by atoms with Gasteiger partial charge in [-0.25, -0.2) is 4.79 Å². The number of carbonyl (C=O) groups excluding carboxylic acids is 1. The smallest absolute Gasteiger partial charge is 0.320 e. The largest absolute Gasteiger partial charge is 0.433 e. The van der Waals surface area contributed by atoms with Crippen molar-refractivity contribution < 1.29 is 9.63 Å². The maximum absolute atomic E-state index is 11.7. The van der Waals surface area contributed by atoms with Crippen molar-refractivity contribution >= 4 is 11.8 Å². The van der Waals surface area contributed by atoms with Crippen LogP contribution in [-0.2, 0) is 4.84 Å². The molecule has 0 heterocycles. The van der Waals surface area contributed by atoms with Gasteiger partial charge in [0.1, 0.15) is 0 Å². The summed E-state index contributed by atoms with van der Waals surface area (Å²) in [6, 6.07) is 0. The van der Waals surface area contributed by atoms with Gasteiger partial charge in [-0.05, 0) is 32.1 Å². The molecule has 1 N–H and O–H groups in total. The zero-order valence-corrected chi connectivity index (χ0v) is 17.8. The van der Waals surface area contributed by atoms with Gasteiger partial charge in [-0.1, -0.05) is 96.6 Å². The summed E-state index contributed by atoms with van der Waals surface area (Å²) in [4.78, 5) is 16.7. The lowest BCUT2D eigenvalue weighted by atomic mass is 10.1. The van der Waals surface area contributed by atoms with Crippen LogP contribution in [0.15, 0.2) is 5.16 Å². The first-order valence-electron chi connectivity index (χ1n) is 11.2. The summed E-state index contributed by atoms with van der Waals surface area (Å²) in [7, 11) is 0. The van der Waals surface area contributed by atoms with E-state index >= 15 is 0 Å². The van der Waals surface area contributed by atoms with Crippen LogP contribution >= 0.6 is 0 Å². The molecule has 0 saturated carbocycles. The van der Waals surface area contributed by atoms with Gasteiger partial charge < -0.3 is 5.32 Å².